The zero-order valence-electron chi connectivity index (χ0n) is 8.37. The molecule has 0 aromatic carbocycles. The highest BCUT2D eigenvalue weighted by Gasteiger charge is 2.32. The number of aromatic amines is 1. The van der Waals surface area contributed by atoms with Crippen molar-refractivity contribution >= 4 is 9.84 Å². The van der Waals surface area contributed by atoms with Crippen molar-refractivity contribution in [2.75, 3.05) is 0 Å². The Balaban J connectivity index is 3.48. The summed E-state index contributed by atoms with van der Waals surface area (Å²) in [6.07, 6.45) is 2.63. The van der Waals surface area contributed by atoms with Crippen molar-refractivity contribution in [1.29, 1.82) is 0 Å². The van der Waals surface area contributed by atoms with Crippen molar-refractivity contribution in [3.8, 4) is 0 Å². The quantitative estimate of drug-likeness (QED) is 0.758. The Hall–Kier alpha value is -1.10. The first-order valence-electron chi connectivity index (χ1n) is 4.18. The lowest BCUT2D eigenvalue weighted by Crippen LogP contribution is -2.31. The van der Waals surface area contributed by atoms with E-state index in [4.69, 9.17) is 0 Å². The number of aromatic nitrogens is 1. The van der Waals surface area contributed by atoms with E-state index in [-0.39, 0.29) is 4.90 Å². The molecule has 14 heavy (non-hydrogen) atoms. The molecule has 0 amide bonds. The second kappa shape index (κ2) is 3.24. The fraction of sp³-hybridized carbons (Fsp3) is 0.444. The van der Waals surface area contributed by atoms with Crippen LogP contribution in [0.25, 0.3) is 0 Å². The molecule has 1 N–H and O–H groups in total. The third-order valence-electron chi connectivity index (χ3n) is 1.88. The molecule has 1 rings (SSSR count). The summed E-state index contributed by atoms with van der Waals surface area (Å²) in [5, 5.41) is 0. The molecule has 0 radical (unpaired) electrons. The first kappa shape index (κ1) is 11.0. The fourth-order valence-corrected chi connectivity index (χ4v) is 2.16. The lowest BCUT2D eigenvalue weighted by molar-refractivity contribution is 0.559. The summed E-state index contributed by atoms with van der Waals surface area (Å²) < 4.78 is 22.8. The van der Waals surface area contributed by atoms with Crippen LogP contribution < -0.4 is 5.43 Å². The first-order chi connectivity index (χ1) is 6.27. The molecule has 0 fully saturated rings. The van der Waals surface area contributed by atoms with Crippen molar-refractivity contribution < 1.29 is 8.42 Å². The molecule has 1 heterocycles. The van der Waals surface area contributed by atoms with E-state index in [0.29, 0.717) is 0 Å². The van der Waals surface area contributed by atoms with Crippen LogP contribution in [-0.4, -0.2) is 18.1 Å². The summed E-state index contributed by atoms with van der Waals surface area (Å²) in [6.45, 7) is 4.69. The molecule has 4 nitrogen and oxygen atoms in total. The monoisotopic (exact) mass is 215 g/mol. The summed E-state index contributed by atoms with van der Waals surface area (Å²) in [5.41, 5.74) is -0.473. The van der Waals surface area contributed by atoms with Gasteiger partial charge >= 0.3 is 0 Å². The van der Waals surface area contributed by atoms with Crippen molar-refractivity contribution in [3.05, 3.63) is 28.7 Å². The molecular weight excluding hydrogens is 202 g/mol. The van der Waals surface area contributed by atoms with Crippen molar-refractivity contribution in [1.82, 2.24) is 4.98 Å². The number of pyridine rings is 1. The highest BCUT2D eigenvalue weighted by atomic mass is 32.2. The Morgan fingerprint density at radius 3 is 2.29 bits per heavy atom. The molecule has 0 saturated carbocycles. The average Bonchev–Trinajstić information content (AvgIpc) is 2.02. The number of hydrogen-bond donors (Lipinski definition) is 1. The van der Waals surface area contributed by atoms with E-state index >= 15 is 0 Å². The lowest BCUT2D eigenvalue weighted by Gasteiger charge is -2.18. The van der Waals surface area contributed by atoms with E-state index in [0.717, 1.165) is 0 Å². The largest absolute Gasteiger partial charge is 0.366 e. The highest BCUT2D eigenvalue weighted by molar-refractivity contribution is 7.92. The van der Waals surface area contributed by atoms with Gasteiger partial charge in [0.1, 0.15) is 4.90 Å². The molecule has 0 aliphatic heterocycles. The van der Waals surface area contributed by atoms with Crippen LogP contribution in [0.15, 0.2) is 28.2 Å². The van der Waals surface area contributed by atoms with Crippen molar-refractivity contribution in [2.45, 2.75) is 30.4 Å². The Kier molecular flexibility index (Phi) is 2.54. The summed E-state index contributed by atoms with van der Waals surface area (Å²) >= 11 is 0. The maximum Gasteiger partial charge on any atom is 0.200 e. The maximum atomic E-state index is 11.9. The van der Waals surface area contributed by atoms with Crippen LogP contribution in [0.4, 0.5) is 0 Å². The van der Waals surface area contributed by atoms with E-state index < -0.39 is 20.0 Å². The summed E-state index contributed by atoms with van der Waals surface area (Å²) in [5.74, 6) is 0. The number of nitrogens with one attached hydrogen (secondary N) is 1. The van der Waals surface area contributed by atoms with Crippen LogP contribution >= 0.6 is 0 Å². The average molecular weight is 215 g/mol. The predicted molar refractivity (Wildman–Crippen MR) is 54.0 cm³/mol. The Morgan fingerprint density at radius 2 is 1.86 bits per heavy atom. The normalized spacial score (nSPS) is 12.8. The molecule has 0 atom stereocenters. The van der Waals surface area contributed by atoms with Gasteiger partial charge in [-0.25, -0.2) is 8.42 Å². The predicted octanol–water partition coefficient (Wildman–Crippen LogP) is 0.947. The van der Waals surface area contributed by atoms with Gasteiger partial charge in [0, 0.05) is 18.5 Å². The van der Waals surface area contributed by atoms with Crippen molar-refractivity contribution in [3.63, 3.8) is 0 Å². The Morgan fingerprint density at radius 1 is 1.29 bits per heavy atom. The topological polar surface area (TPSA) is 67.0 Å². The zero-order chi connectivity index (χ0) is 11.0. The molecular formula is C9H13NO3S. The summed E-state index contributed by atoms with van der Waals surface area (Å²) in [6, 6.07) is 1.21. The number of H-pyrrole nitrogens is 1. The minimum absolute atomic E-state index is 0.174. The molecule has 78 valence electrons. The number of hydrogen-bond acceptors (Lipinski definition) is 3. The molecule has 0 aliphatic rings. The smallest absolute Gasteiger partial charge is 0.200 e. The zero-order valence-corrected chi connectivity index (χ0v) is 9.18. The third-order valence-corrected chi connectivity index (χ3v) is 4.39. The van der Waals surface area contributed by atoms with Gasteiger partial charge in [0.15, 0.2) is 15.3 Å². The molecule has 1 aromatic heterocycles. The summed E-state index contributed by atoms with van der Waals surface area (Å²) in [4.78, 5) is 13.7. The van der Waals surface area contributed by atoms with Crippen LogP contribution in [0.2, 0.25) is 0 Å². The molecule has 1 aromatic rings. The van der Waals surface area contributed by atoms with Gasteiger partial charge in [-0.15, -0.1) is 0 Å². The Labute approximate surface area is 82.9 Å². The Bertz CT molecular complexity index is 479. The molecule has 0 bridgehead atoms. The number of rotatable bonds is 1. The van der Waals surface area contributed by atoms with Gasteiger partial charge in [0.25, 0.3) is 0 Å². The van der Waals surface area contributed by atoms with Gasteiger partial charge in [0.05, 0.1) is 4.75 Å². The van der Waals surface area contributed by atoms with Crippen LogP contribution in [0.1, 0.15) is 20.8 Å². The van der Waals surface area contributed by atoms with Gasteiger partial charge in [0.2, 0.25) is 0 Å². The van der Waals surface area contributed by atoms with Crippen molar-refractivity contribution in [2.24, 2.45) is 0 Å². The minimum atomic E-state index is -3.55. The molecule has 0 spiro atoms. The van der Waals surface area contributed by atoms with Crippen LogP contribution in [0.3, 0.4) is 0 Å². The first-order valence-corrected chi connectivity index (χ1v) is 5.67. The fourth-order valence-electron chi connectivity index (χ4n) is 0.941. The number of sulfone groups is 1. The van der Waals surface area contributed by atoms with Crippen LogP contribution in [-0.2, 0) is 9.84 Å². The van der Waals surface area contributed by atoms with Gasteiger partial charge in [-0.05, 0) is 20.8 Å². The van der Waals surface area contributed by atoms with E-state index in [1.807, 2.05) is 0 Å². The summed E-state index contributed by atoms with van der Waals surface area (Å²) in [7, 11) is -3.55. The van der Waals surface area contributed by atoms with Gasteiger partial charge < -0.3 is 4.98 Å². The standard InChI is InChI=1S/C9H13NO3S/c1-9(2,3)14(12,13)8-6-10-5-4-7(8)11/h4-6H,1-3H3,(H,10,11). The molecule has 5 heteroatoms. The second-order valence-electron chi connectivity index (χ2n) is 3.99. The lowest BCUT2D eigenvalue weighted by atomic mass is 10.3. The van der Waals surface area contributed by atoms with Gasteiger partial charge in [-0.2, -0.15) is 0 Å². The third kappa shape index (κ3) is 1.72. The second-order valence-corrected chi connectivity index (χ2v) is 6.66. The van der Waals surface area contributed by atoms with E-state index in [9.17, 15) is 13.2 Å². The molecule has 0 unspecified atom stereocenters. The van der Waals surface area contributed by atoms with Gasteiger partial charge in [-0.3, -0.25) is 4.79 Å². The molecule has 0 saturated heterocycles. The van der Waals surface area contributed by atoms with E-state index in [1.165, 1.54) is 18.5 Å². The van der Waals surface area contributed by atoms with Crippen LogP contribution in [0, 0.1) is 0 Å². The maximum absolute atomic E-state index is 11.9. The highest BCUT2D eigenvalue weighted by Crippen LogP contribution is 2.21. The molecule has 0 aliphatic carbocycles. The SMILES string of the molecule is CC(C)(C)S(=O)(=O)c1c[nH]ccc1=O. The van der Waals surface area contributed by atoms with E-state index in [1.54, 1.807) is 20.8 Å². The minimum Gasteiger partial charge on any atom is -0.366 e. The van der Waals surface area contributed by atoms with Gasteiger partial charge in [-0.1, -0.05) is 0 Å². The van der Waals surface area contributed by atoms with Crippen LogP contribution in [0.5, 0.6) is 0 Å². The van der Waals surface area contributed by atoms with E-state index in [2.05, 4.69) is 4.98 Å².